The molecule has 1 N–H and O–H groups in total. The maximum atomic E-state index is 11.8. The fraction of sp³-hybridized carbons (Fsp3) is 0.375. The average molecular weight is 304 g/mol. The van der Waals surface area contributed by atoms with Gasteiger partial charge in [0.2, 0.25) is 0 Å². The van der Waals surface area contributed by atoms with E-state index in [2.05, 4.69) is 31.1 Å². The average Bonchev–Trinajstić information content (AvgIpc) is 2.86. The molecule has 0 atom stereocenters. The number of benzene rings is 1. The molecule has 0 aliphatic heterocycles. The van der Waals surface area contributed by atoms with Gasteiger partial charge in [0, 0.05) is 10.8 Å². The van der Waals surface area contributed by atoms with Crippen LogP contribution in [0.1, 0.15) is 32.0 Å². The van der Waals surface area contributed by atoms with Gasteiger partial charge in [0.05, 0.1) is 5.69 Å². The first-order valence-corrected chi connectivity index (χ1v) is 7.68. The molecule has 1 amide bonds. The van der Waals surface area contributed by atoms with Gasteiger partial charge in [-0.2, -0.15) is 0 Å². The van der Waals surface area contributed by atoms with Crippen molar-refractivity contribution in [3.8, 4) is 5.75 Å². The second kappa shape index (κ2) is 6.26. The van der Waals surface area contributed by atoms with Gasteiger partial charge in [0.15, 0.2) is 11.7 Å². The number of hydrogen-bond donors (Lipinski definition) is 1. The minimum absolute atomic E-state index is 0.0160. The molecule has 0 saturated heterocycles. The topological polar surface area (TPSA) is 51.2 Å². The van der Waals surface area contributed by atoms with Crippen molar-refractivity contribution >= 4 is 22.4 Å². The van der Waals surface area contributed by atoms with Gasteiger partial charge in [-0.1, -0.05) is 38.5 Å². The van der Waals surface area contributed by atoms with Crippen LogP contribution >= 0.6 is 11.3 Å². The Kier molecular flexibility index (Phi) is 4.63. The lowest BCUT2D eigenvalue weighted by Crippen LogP contribution is -2.20. The molecule has 1 aromatic heterocycles. The molecule has 21 heavy (non-hydrogen) atoms. The molecule has 2 aromatic rings. The fourth-order valence-electron chi connectivity index (χ4n) is 1.61. The smallest absolute Gasteiger partial charge is 0.264 e. The van der Waals surface area contributed by atoms with Gasteiger partial charge < -0.3 is 4.74 Å². The number of carbonyl (C=O) groups is 1. The number of amides is 1. The quantitative estimate of drug-likeness (QED) is 0.935. The van der Waals surface area contributed by atoms with E-state index >= 15 is 0 Å². The summed E-state index contributed by atoms with van der Waals surface area (Å²) in [6, 6.07) is 7.60. The molecule has 0 unspecified atom stereocenters. The lowest BCUT2D eigenvalue weighted by Gasteiger charge is -2.14. The van der Waals surface area contributed by atoms with Gasteiger partial charge in [-0.15, -0.1) is 11.3 Å². The first-order chi connectivity index (χ1) is 9.84. The number of carbonyl (C=O) groups excluding carboxylic acids is 1. The van der Waals surface area contributed by atoms with Crippen LogP contribution in [0.15, 0.2) is 29.6 Å². The van der Waals surface area contributed by atoms with E-state index in [1.807, 2.05) is 36.6 Å². The van der Waals surface area contributed by atoms with Crippen LogP contribution in [0.4, 0.5) is 5.13 Å². The maximum Gasteiger partial charge on any atom is 0.264 e. The van der Waals surface area contributed by atoms with Crippen LogP contribution in [0.25, 0.3) is 0 Å². The van der Waals surface area contributed by atoms with E-state index in [0.29, 0.717) is 10.9 Å². The molecule has 0 radical (unpaired) electrons. The van der Waals surface area contributed by atoms with Gasteiger partial charge in [-0.05, 0) is 19.1 Å². The molecule has 0 aliphatic carbocycles. The van der Waals surface area contributed by atoms with Crippen molar-refractivity contribution in [2.75, 3.05) is 11.9 Å². The summed E-state index contributed by atoms with van der Waals surface area (Å²) in [7, 11) is 0. The minimum Gasteiger partial charge on any atom is -0.484 e. The summed E-state index contributed by atoms with van der Waals surface area (Å²) >= 11 is 1.43. The number of nitrogens with one attached hydrogen (secondary N) is 1. The fourth-order valence-corrected chi connectivity index (χ4v) is 2.57. The number of thiazole rings is 1. The lowest BCUT2D eigenvalue weighted by molar-refractivity contribution is -0.118. The van der Waals surface area contributed by atoms with Crippen molar-refractivity contribution in [3.63, 3.8) is 0 Å². The van der Waals surface area contributed by atoms with Crippen LogP contribution in [0.2, 0.25) is 0 Å². The summed E-state index contributed by atoms with van der Waals surface area (Å²) in [6.45, 7) is 8.26. The summed E-state index contributed by atoms with van der Waals surface area (Å²) in [4.78, 5) is 16.3. The van der Waals surface area contributed by atoms with Crippen LogP contribution in [0.3, 0.4) is 0 Å². The Morgan fingerprint density at radius 3 is 2.52 bits per heavy atom. The number of hydrogen-bond acceptors (Lipinski definition) is 4. The molecule has 2 rings (SSSR count). The third-order valence-corrected chi connectivity index (χ3v) is 3.67. The van der Waals surface area contributed by atoms with Crippen molar-refractivity contribution in [1.29, 1.82) is 0 Å². The number of ether oxygens (including phenoxy) is 1. The number of aryl methyl sites for hydroxylation is 1. The zero-order valence-electron chi connectivity index (χ0n) is 12.8. The predicted octanol–water partition coefficient (Wildman–Crippen LogP) is 3.77. The first-order valence-electron chi connectivity index (χ1n) is 6.80. The van der Waals surface area contributed by atoms with E-state index < -0.39 is 0 Å². The summed E-state index contributed by atoms with van der Waals surface area (Å²) in [6.07, 6.45) is 0. The number of nitrogens with zero attached hydrogens (tertiary/aromatic N) is 1. The van der Waals surface area contributed by atoms with Crippen molar-refractivity contribution in [1.82, 2.24) is 4.98 Å². The zero-order chi connectivity index (χ0) is 15.5. The molecule has 0 fully saturated rings. The molecule has 4 nitrogen and oxygen atoms in total. The molecule has 0 bridgehead atoms. The molecule has 5 heteroatoms. The van der Waals surface area contributed by atoms with Gasteiger partial charge in [0.1, 0.15) is 5.75 Å². The minimum atomic E-state index is -0.203. The van der Waals surface area contributed by atoms with Crippen LogP contribution in [-0.4, -0.2) is 17.5 Å². The Morgan fingerprint density at radius 1 is 1.29 bits per heavy atom. The summed E-state index contributed by atoms with van der Waals surface area (Å²) in [5.74, 6) is 0.482. The highest BCUT2D eigenvalue weighted by atomic mass is 32.1. The molecular weight excluding hydrogens is 284 g/mol. The summed E-state index contributed by atoms with van der Waals surface area (Å²) in [5.41, 5.74) is 2.12. The maximum absolute atomic E-state index is 11.8. The standard InChI is InChI=1S/C16H20N2O2S/c1-11-5-7-12(8-6-11)20-9-14(19)18-15-17-13(10-21-15)16(2,3)4/h5-8,10H,9H2,1-4H3,(H,17,18,19). The molecule has 0 aliphatic rings. The molecule has 1 heterocycles. The van der Waals surface area contributed by atoms with Crippen molar-refractivity contribution in [3.05, 3.63) is 40.9 Å². The Morgan fingerprint density at radius 2 is 1.95 bits per heavy atom. The molecule has 0 spiro atoms. The number of anilines is 1. The second-order valence-corrected chi connectivity index (χ2v) is 6.80. The third-order valence-electron chi connectivity index (χ3n) is 2.91. The number of aromatic nitrogens is 1. The van der Waals surface area contributed by atoms with Crippen LogP contribution in [0, 0.1) is 6.92 Å². The number of rotatable bonds is 4. The Labute approximate surface area is 129 Å². The van der Waals surface area contributed by atoms with Gasteiger partial charge in [0.25, 0.3) is 5.91 Å². The van der Waals surface area contributed by atoms with Crippen molar-refractivity contribution in [2.24, 2.45) is 0 Å². The van der Waals surface area contributed by atoms with Gasteiger partial charge in [-0.3, -0.25) is 10.1 Å². The molecular formula is C16H20N2O2S. The molecule has 0 saturated carbocycles. The summed E-state index contributed by atoms with van der Waals surface area (Å²) < 4.78 is 5.43. The Balaban J connectivity index is 1.87. The van der Waals surface area contributed by atoms with E-state index in [4.69, 9.17) is 4.74 Å². The van der Waals surface area contributed by atoms with Crippen molar-refractivity contribution < 1.29 is 9.53 Å². The van der Waals surface area contributed by atoms with E-state index in [0.717, 1.165) is 11.3 Å². The molecule has 1 aromatic carbocycles. The van der Waals surface area contributed by atoms with Gasteiger partial charge >= 0.3 is 0 Å². The van der Waals surface area contributed by atoms with Gasteiger partial charge in [-0.25, -0.2) is 4.98 Å². The van der Waals surface area contributed by atoms with Crippen LogP contribution in [0.5, 0.6) is 5.75 Å². The highest BCUT2D eigenvalue weighted by Gasteiger charge is 2.18. The normalized spacial score (nSPS) is 11.2. The second-order valence-electron chi connectivity index (χ2n) is 5.94. The first kappa shape index (κ1) is 15.5. The van der Waals surface area contributed by atoms with E-state index in [-0.39, 0.29) is 17.9 Å². The molecule has 112 valence electrons. The monoisotopic (exact) mass is 304 g/mol. The van der Waals surface area contributed by atoms with E-state index in [1.165, 1.54) is 11.3 Å². The Hall–Kier alpha value is -1.88. The third kappa shape index (κ3) is 4.56. The summed E-state index contributed by atoms with van der Waals surface area (Å²) in [5, 5.41) is 5.34. The lowest BCUT2D eigenvalue weighted by atomic mass is 9.93. The van der Waals surface area contributed by atoms with Crippen LogP contribution in [-0.2, 0) is 10.2 Å². The van der Waals surface area contributed by atoms with E-state index in [1.54, 1.807) is 0 Å². The largest absolute Gasteiger partial charge is 0.484 e. The highest BCUT2D eigenvalue weighted by Crippen LogP contribution is 2.26. The van der Waals surface area contributed by atoms with E-state index in [9.17, 15) is 4.79 Å². The Bertz CT molecular complexity index is 612. The predicted molar refractivity (Wildman–Crippen MR) is 86.1 cm³/mol. The van der Waals surface area contributed by atoms with Crippen molar-refractivity contribution in [2.45, 2.75) is 33.1 Å². The zero-order valence-corrected chi connectivity index (χ0v) is 13.6. The van der Waals surface area contributed by atoms with Crippen LogP contribution < -0.4 is 10.1 Å². The SMILES string of the molecule is Cc1ccc(OCC(=O)Nc2nc(C(C)(C)C)cs2)cc1. The highest BCUT2D eigenvalue weighted by molar-refractivity contribution is 7.13.